The fourth-order valence-corrected chi connectivity index (χ4v) is 5.73. The number of hydrogen-bond donors (Lipinski definition) is 0. The smallest absolute Gasteiger partial charge is 0.254 e. The van der Waals surface area contributed by atoms with E-state index in [1.165, 1.54) is 16.7 Å². The predicted molar refractivity (Wildman–Crippen MR) is 128 cm³/mol. The van der Waals surface area contributed by atoms with Crippen molar-refractivity contribution in [1.82, 2.24) is 9.80 Å². The molecule has 0 N–H and O–H groups in total. The Balaban J connectivity index is 1.26. The van der Waals surface area contributed by atoms with Crippen molar-refractivity contribution < 1.29 is 9.59 Å². The van der Waals surface area contributed by atoms with E-state index in [9.17, 15) is 9.59 Å². The lowest BCUT2D eigenvalue weighted by molar-refractivity contribution is -0.128. The molecule has 2 amide bonds. The molecule has 3 aromatic carbocycles. The Hall–Kier alpha value is -3.05. The topological polar surface area (TPSA) is 40.6 Å². The predicted octanol–water partition coefficient (Wildman–Crippen LogP) is 4.70. The lowest BCUT2D eigenvalue weighted by Gasteiger charge is -2.29. The molecule has 2 aliphatic rings. The molecule has 32 heavy (non-hydrogen) atoms. The number of benzene rings is 3. The fourth-order valence-electron chi connectivity index (χ4n) is 4.51. The highest BCUT2D eigenvalue weighted by molar-refractivity contribution is 8.00. The normalized spacial score (nSPS) is 18.0. The lowest BCUT2D eigenvalue weighted by atomic mass is 9.99. The van der Waals surface area contributed by atoms with Crippen molar-refractivity contribution in [2.45, 2.75) is 24.8 Å². The Kier molecular flexibility index (Phi) is 5.99. The minimum atomic E-state index is 0.0113. The highest BCUT2D eigenvalue weighted by atomic mass is 32.2. The van der Waals surface area contributed by atoms with Crippen LogP contribution in [0.2, 0.25) is 0 Å². The molecule has 0 aliphatic carbocycles. The summed E-state index contributed by atoms with van der Waals surface area (Å²) in [6.07, 6.45) is 1.74. The number of hydrogen-bond acceptors (Lipinski definition) is 3. The van der Waals surface area contributed by atoms with Crippen molar-refractivity contribution in [2.24, 2.45) is 0 Å². The van der Waals surface area contributed by atoms with E-state index in [0.29, 0.717) is 24.4 Å². The number of fused-ring (bicyclic) bond motifs is 1. The van der Waals surface area contributed by atoms with Gasteiger partial charge in [0.25, 0.3) is 5.91 Å². The van der Waals surface area contributed by atoms with Gasteiger partial charge < -0.3 is 9.80 Å². The van der Waals surface area contributed by atoms with E-state index in [4.69, 9.17) is 0 Å². The molecule has 0 aromatic heterocycles. The Bertz CT molecular complexity index is 1110. The van der Waals surface area contributed by atoms with Crippen molar-refractivity contribution in [3.8, 4) is 0 Å². The minimum absolute atomic E-state index is 0.0113. The van der Waals surface area contributed by atoms with Gasteiger partial charge in [-0.05, 0) is 47.2 Å². The van der Waals surface area contributed by atoms with Crippen LogP contribution >= 0.6 is 11.8 Å². The molecule has 162 valence electrons. The monoisotopic (exact) mass is 442 g/mol. The Labute approximate surface area is 193 Å². The van der Waals surface area contributed by atoms with E-state index >= 15 is 0 Å². The molecule has 1 atom stereocenters. The maximum Gasteiger partial charge on any atom is 0.254 e. The molecule has 2 aliphatic heterocycles. The first-order chi connectivity index (χ1) is 15.7. The Morgan fingerprint density at radius 2 is 1.62 bits per heavy atom. The van der Waals surface area contributed by atoms with Crippen LogP contribution in [0.25, 0.3) is 0 Å². The third-order valence-corrected chi connectivity index (χ3v) is 7.57. The first-order valence-electron chi connectivity index (χ1n) is 11.1. The van der Waals surface area contributed by atoms with Gasteiger partial charge in [0.1, 0.15) is 5.37 Å². The van der Waals surface area contributed by atoms with Gasteiger partial charge in [0, 0.05) is 25.2 Å². The number of thioether (sulfide) groups is 1. The maximum absolute atomic E-state index is 13.1. The van der Waals surface area contributed by atoms with Crippen molar-refractivity contribution in [3.63, 3.8) is 0 Å². The molecule has 4 nitrogen and oxygen atoms in total. The van der Waals surface area contributed by atoms with Crippen LogP contribution in [0.3, 0.4) is 0 Å². The summed E-state index contributed by atoms with van der Waals surface area (Å²) in [7, 11) is 0. The summed E-state index contributed by atoms with van der Waals surface area (Å²) in [5, 5.41) is 0.0113. The zero-order chi connectivity index (χ0) is 21.9. The molecule has 5 rings (SSSR count). The van der Waals surface area contributed by atoms with Crippen LogP contribution in [-0.4, -0.2) is 40.5 Å². The summed E-state index contributed by atoms with van der Waals surface area (Å²) >= 11 is 1.66. The number of carbonyl (C=O) groups excluding carboxylic acids is 2. The first kappa shape index (κ1) is 20.8. The van der Waals surface area contributed by atoms with Crippen LogP contribution in [0.15, 0.2) is 78.9 Å². The van der Waals surface area contributed by atoms with E-state index < -0.39 is 0 Å². The zero-order valence-electron chi connectivity index (χ0n) is 17.9. The van der Waals surface area contributed by atoms with Crippen LogP contribution in [0.1, 0.15) is 38.0 Å². The van der Waals surface area contributed by atoms with E-state index in [-0.39, 0.29) is 17.2 Å². The van der Waals surface area contributed by atoms with Gasteiger partial charge in [-0.3, -0.25) is 9.59 Å². The lowest BCUT2D eigenvalue weighted by Crippen LogP contribution is -2.36. The van der Waals surface area contributed by atoms with Gasteiger partial charge in [-0.2, -0.15) is 0 Å². The van der Waals surface area contributed by atoms with Gasteiger partial charge >= 0.3 is 0 Å². The molecule has 0 radical (unpaired) electrons. The van der Waals surface area contributed by atoms with Crippen molar-refractivity contribution in [3.05, 3.63) is 107 Å². The zero-order valence-corrected chi connectivity index (χ0v) is 18.8. The summed E-state index contributed by atoms with van der Waals surface area (Å²) in [4.78, 5) is 29.5. The van der Waals surface area contributed by atoms with Gasteiger partial charge in [0.2, 0.25) is 5.91 Å². The van der Waals surface area contributed by atoms with Crippen molar-refractivity contribution in [2.75, 3.05) is 18.8 Å². The summed E-state index contributed by atoms with van der Waals surface area (Å²) in [5.41, 5.74) is 5.59. The number of carbonyl (C=O) groups is 2. The van der Waals surface area contributed by atoms with Crippen LogP contribution in [0, 0.1) is 0 Å². The van der Waals surface area contributed by atoms with Gasteiger partial charge in [-0.1, -0.05) is 66.7 Å². The largest absolute Gasteiger partial charge is 0.334 e. The Morgan fingerprint density at radius 3 is 2.41 bits per heavy atom. The van der Waals surface area contributed by atoms with Gasteiger partial charge in [0.05, 0.1) is 5.75 Å². The van der Waals surface area contributed by atoms with E-state index in [2.05, 4.69) is 30.3 Å². The van der Waals surface area contributed by atoms with Crippen LogP contribution in [0.5, 0.6) is 0 Å². The molecule has 1 fully saturated rings. The molecule has 0 unspecified atom stereocenters. The SMILES string of the molecule is O=C(c1ccc([C@@H]2SCC(=O)N2CCc2ccccc2)cc1)N1CCc2ccccc2C1. The summed E-state index contributed by atoms with van der Waals surface area (Å²) in [6, 6.07) is 26.5. The molecular formula is C27H26N2O2S. The third kappa shape index (κ3) is 4.30. The summed E-state index contributed by atoms with van der Waals surface area (Å²) in [5.74, 6) is 0.762. The molecule has 3 aromatic rings. The van der Waals surface area contributed by atoms with Gasteiger partial charge in [-0.25, -0.2) is 0 Å². The van der Waals surface area contributed by atoms with Gasteiger partial charge in [-0.15, -0.1) is 11.8 Å². The average Bonchev–Trinajstić information content (AvgIpc) is 3.23. The molecule has 5 heteroatoms. The fraction of sp³-hybridized carbons (Fsp3) is 0.259. The second-order valence-electron chi connectivity index (χ2n) is 8.35. The molecule has 0 bridgehead atoms. The third-order valence-electron chi connectivity index (χ3n) is 6.31. The maximum atomic E-state index is 13.1. The van der Waals surface area contributed by atoms with Crippen LogP contribution in [0.4, 0.5) is 0 Å². The average molecular weight is 443 g/mol. The van der Waals surface area contributed by atoms with Crippen molar-refractivity contribution >= 4 is 23.6 Å². The molecule has 0 spiro atoms. The van der Waals surface area contributed by atoms with E-state index in [0.717, 1.165) is 24.9 Å². The van der Waals surface area contributed by atoms with Crippen LogP contribution in [-0.2, 0) is 24.2 Å². The standard InChI is InChI=1S/C27H26N2O2S/c30-25-19-32-27(29(25)17-14-20-6-2-1-3-7-20)23-12-10-22(11-13-23)26(31)28-16-15-21-8-4-5-9-24(21)18-28/h1-13,27H,14-19H2/t27-/m0/s1. The number of amides is 2. The molecular weight excluding hydrogens is 416 g/mol. The molecule has 0 saturated carbocycles. The van der Waals surface area contributed by atoms with Crippen LogP contribution < -0.4 is 0 Å². The molecule has 2 heterocycles. The number of nitrogens with zero attached hydrogens (tertiary/aromatic N) is 2. The minimum Gasteiger partial charge on any atom is -0.334 e. The first-order valence-corrected chi connectivity index (χ1v) is 12.1. The van der Waals surface area contributed by atoms with E-state index in [1.54, 1.807) is 11.8 Å². The second kappa shape index (κ2) is 9.21. The number of rotatable bonds is 5. The highest BCUT2D eigenvalue weighted by Crippen LogP contribution is 2.38. The Morgan fingerprint density at radius 1 is 0.906 bits per heavy atom. The van der Waals surface area contributed by atoms with Crippen molar-refractivity contribution in [1.29, 1.82) is 0 Å². The quantitative estimate of drug-likeness (QED) is 0.575. The second-order valence-corrected chi connectivity index (χ2v) is 9.42. The van der Waals surface area contributed by atoms with Gasteiger partial charge in [0.15, 0.2) is 0 Å². The summed E-state index contributed by atoms with van der Waals surface area (Å²) in [6.45, 7) is 2.11. The van der Waals surface area contributed by atoms with E-state index in [1.807, 2.05) is 58.3 Å². The summed E-state index contributed by atoms with van der Waals surface area (Å²) < 4.78 is 0. The molecule has 1 saturated heterocycles. The highest BCUT2D eigenvalue weighted by Gasteiger charge is 2.32.